The van der Waals surface area contributed by atoms with Gasteiger partial charge in [-0.2, -0.15) is 0 Å². The molecule has 0 radical (unpaired) electrons. The van der Waals surface area contributed by atoms with Crippen LogP contribution in [0.5, 0.6) is 5.88 Å². The van der Waals surface area contributed by atoms with E-state index in [-0.39, 0.29) is 0 Å². The van der Waals surface area contributed by atoms with E-state index in [0.29, 0.717) is 24.7 Å². The molecular formula is C8H12N4O. The van der Waals surface area contributed by atoms with Crippen LogP contribution in [0.2, 0.25) is 0 Å². The lowest BCUT2D eigenvalue weighted by atomic mass is 10.4. The Morgan fingerprint density at radius 1 is 1.62 bits per heavy atom. The summed E-state index contributed by atoms with van der Waals surface area (Å²) >= 11 is 0. The number of aliphatic imine (C=N–C) groups is 1. The fourth-order valence-electron chi connectivity index (χ4n) is 1.35. The van der Waals surface area contributed by atoms with Crippen LogP contribution in [0.3, 0.4) is 0 Å². The standard InChI is InChI=1S/C8H12N4O/c1-3-13-8-6(9)7-10-5(2)4-12(7)11-8/h3-4,9H2,1-2H3. The van der Waals surface area contributed by atoms with Crippen LogP contribution in [0.25, 0.3) is 0 Å². The van der Waals surface area contributed by atoms with Gasteiger partial charge in [0.1, 0.15) is 5.69 Å². The van der Waals surface area contributed by atoms with E-state index in [9.17, 15) is 0 Å². The van der Waals surface area contributed by atoms with Gasteiger partial charge in [0.05, 0.1) is 13.2 Å². The summed E-state index contributed by atoms with van der Waals surface area (Å²) < 4.78 is 7.00. The zero-order valence-corrected chi connectivity index (χ0v) is 7.74. The molecule has 70 valence electrons. The molecule has 0 saturated carbocycles. The van der Waals surface area contributed by atoms with Crippen molar-refractivity contribution in [2.75, 3.05) is 12.3 Å². The summed E-state index contributed by atoms with van der Waals surface area (Å²) in [5.74, 6) is 1.22. The number of nitrogens with two attached hydrogens (primary N) is 1. The highest BCUT2D eigenvalue weighted by Gasteiger charge is 2.20. The Kier molecular flexibility index (Phi) is 1.72. The van der Waals surface area contributed by atoms with E-state index >= 15 is 0 Å². The van der Waals surface area contributed by atoms with Crippen LogP contribution in [0.1, 0.15) is 13.8 Å². The first kappa shape index (κ1) is 8.10. The number of fused-ring (bicyclic) bond motifs is 1. The first-order chi connectivity index (χ1) is 6.22. The van der Waals surface area contributed by atoms with Gasteiger partial charge in [-0.25, -0.2) is 9.67 Å². The van der Waals surface area contributed by atoms with Gasteiger partial charge < -0.3 is 10.5 Å². The number of rotatable bonds is 2. The molecule has 0 amide bonds. The topological polar surface area (TPSA) is 65.4 Å². The second kappa shape index (κ2) is 2.76. The van der Waals surface area contributed by atoms with E-state index in [2.05, 4.69) is 10.1 Å². The third-order valence-corrected chi connectivity index (χ3v) is 1.88. The molecule has 1 aliphatic heterocycles. The quantitative estimate of drug-likeness (QED) is 0.737. The monoisotopic (exact) mass is 180 g/mol. The number of hydrogen-bond acceptors (Lipinski definition) is 4. The van der Waals surface area contributed by atoms with Crippen molar-refractivity contribution in [1.82, 2.24) is 9.78 Å². The average Bonchev–Trinajstić information content (AvgIpc) is 2.54. The lowest BCUT2D eigenvalue weighted by Crippen LogP contribution is -2.02. The third kappa shape index (κ3) is 1.16. The number of nitrogen functional groups attached to an aromatic ring is 1. The minimum atomic E-state index is 0.494. The normalized spacial score (nSPS) is 14.2. The van der Waals surface area contributed by atoms with Crippen LogP contribution < -0.4 is 10.5 Å². The largest absolute Gasteiger partial charge is 0.475 e. The van der Waals surface area contributed by atoms with Gasteiger partial charge in [-0.05, 0) is 13.8 Å². The van der Waals surface area contributed by atoms with Crippen molar-refractivity contribution in [1.29, 1.82) is 0 Å². The van der Waals surface area contributed by atoms with E-state index in [4.69, 9.17) is 10.5 Å². The first-order valence-corrected chi connectivity index (χ1v) is 4.25. The molecule has 1 aliphatic rings. The molecule has 13 heavy (non-hydrogen) atoms. The minimum Gasteiger partial charge on any atom is -0.475 e. The molecule has 1 aromatic rings. The van der Waals surface area contributed by atoms with Gasteiger partial charge in [-0.15, -0.1) is 5.10 Å². The van der Waals surface area contributed by atoms with Crippen molar-refractivity contribution in [2.24, 2.45) is 4.99 Å². The van der Waals surface area contributed by atoms with Gasteiger partial charge in [0.25, 0.3) is 5.88 Å². The smallest absolute Gasteiger partial charge is 0.258 e. The number of anilines is 1. The van der Waals surface area contributed by atoms with E-state index in [0.717, 1.165) is 11.5 Å². The summed E-state index contributed by atoms with van der Waals surface area (Å²) in [6.07, 6.45) is 0. The molecule has 0 unspecified atom stereocenters. The van der Waals surface area contributed by atoms with Crippen LogP contribution >= 0.6 is 0 Å². The molecule has 0 aliphatic carbocycles. The van der Waals surface area contributed by atoms with Crippen LogP contribution in [-0.4, -0.2) is 22.1 Å². The fraction of sp³-hybridized carbons (Fsp3) is 0.500. The maximum absolute atomic E-state index is 5.79. The number of ether oxygens (including phenoxy) is 1. The van der Waals surface area contributed by atoms with Crippen molar-refractivity contribution in [3.63, 3.8) is 0 Å². The van der Waals surface area contributed by atoms with Crippen LogP contribution in [0, 0.1) is 0 Å². The molecule has 2 heterocycles. The lowest BCUT2D eigenvalue weighted by Gasteiger charge is -1.98. The Labute approximate surface area is 76.2 Å². The van der Waals surface area contributed by atoms with Gasteiger partial charge in [-0.3, -0.25) is 0 Å². The molecule has 2 rings (SSSR count). The molecule has 5 heteroatoms. The van der Waals surface area contributed by atoms with Crippen molar-refractivity contribution in [3.05, 3.63) is 0 Å². The zero-order valence-electron chi connectivity index (χ0n) is 7.74. The summed E-state index contributed by atoms with van der Waals surface area (Å²) in [6, 6.07) is 0. The molecule has 0 fully saturated rings. The zero-order chi connectivity index (χ0) is 9.42. The molecule has 0 bridgehead atoms. The molecule has 5 nitrogen and oxygen atoms in total. The Balaban J connectivity index is 2.39. The maximum atomic E-state index is 5.79. The van der Waals surface area contributed by atoms with Crippen molar-refractivity contribution >= 4 is 17.2 Å². The second-order valence-corrected chi connectivity index (χ2v) is 2.98. The Morgan fingerprint density at radius 3 is 3.00 bits per heavy atom. The van der Waals surface area contributed by atoms with Crippen LogP contribution in [0.15, 0.2) is 4.99 Å². The molecule has 0 atom stereocenters. The molecular weight excluding hydrogens is 168 g/mol. The maximum Gasteiger partial charge on any atom is 0.258 e. The second-order valence-electron chi connectivity index (χ2n) is 2.98. The van der Waals surface area contributed by atoms with Crippen LogP contribution in [-0.2, 0) is 6.54 Å². The highest BCUT2D eigenvalue weighted by molar-refractivity contribution is 5.89. The summed E-state index contributed by atoms with van der Waals surface area (Å²) in [7, 11) is 0. The number of hydrogen-bond donors (Lipinski definition) is 1. The van der Waals surface area contributed by atoms with Gasteiger partial charge in [0, 0.05) is 5.71 Å². The van der Waals surface area contributed by atoms with Crippen molar-refractivity contribution in [2.45, 2.75) is 20.4 Å². The Morgan fingerprint density at radius 2 is 2.38 bits per heavy atom. The summed E-state index contributed by atoms with van der Waals surface area (Å²) in [5.41, 5.74) is 7.35. The molecule has 0 spiro atoms. The van der Waals surface area contributed by atoms with E-state index in [1.807, 2.05) is 13.8 Å². The van der Waals surface area contributed by atoms with Crippen molar-refractivity contribution < 1.29 is 4.74 Å². The summed E-state index contributed by atoms with van der Waals surface area (Å²) in [4.78, 5) is 4.27. The van der Waals surface area contributed by atoms with E-state index < -0.39 is 0 Å². The summed E-state index contributed by atoms with van der Waals surface area (Å²) in [5, 5.41) is 4.19. The fourth-order valence-corrected chi connectivity index (χ4v) is 1.35. The van der Waals surface area contributed by atoms with E-state index in [1.165, 1.54) is 0 Å². The summed E-state index contributed by atoms with van der Waals surface area (Å²) in [6.45, 7) is 5.14. The first-order valence-electron chi connectivity index (χ1n) is 4.25. The molecule has 1 aromatic heterocycles. The Bertz CT molecular complexity index is 366. The number of nitrogens with zero attached hydrogens (tertiary/aromatic N) is 3. The average molecular weight is 180 g/mol. The predicted octanol–water partition coefficient (Wildman–Crippen LogP) is 0.970. The van der Waals surface area contributed by atoms with Gasteiger partial charge in [-0.1, -0.05) is 0 Å². The van der Waals surface area contributed by atoms with Gasteiger partial charge >= 0.3 is 0 Å². The lowest BCUT2D eigenvalue weighted by molar-refractivity contribution is 0.324. The SMILES string of the molecule is CCOc1nn2c(c1N)N=C(C)C2. The third-order valence-electron chi connectivity index (χ3n) is 1.88. The molecule has 0 saturated heterocycles. The predicted molar refractivity (Wildman–Crippen MR) is 50.6 cm³/mol. The van der Waals surface area contributed by atoms with Crippen LogP contribution in [0.4, 0.5) is 11.5 Å². The van der Waals surface area contributed by atoms with Gasteiger partial charge in [0.15, 0.2) is 5.82 Å². The van der Waals surface area contributed by atoms with Gasteiger partial charge in [0.2, 0.25) is 0 Å². The molecule has 2 N–H and O–H groups in total. The number of aromatic nitrogens is 2. The minimum absolute atomic E-state index is 0.494. The highest BCUT2D eigenvalue weighted by Crippen LogP contribution is 2.34. The van der Waals surface area contributed by atoms with E-state index in [1.54, 1.807) is 4.68 Å². The molecule has 0 aromatic carbocycles. The Hall–Kier alpha value is -1.52. The highest BCUT2D eigenvalue weighted by atomic mass is 16.5. The van der Waals surface area contributed by atoms with Crippen molar-refractivity contribution in [3.8, 4) is 5.88 Å².